The first kappa shape index (κ1) is 13.4. The lowest BCUT2D eigenvalue weighted by molar-refractivity contribution is -0.138. The average molecular weight is 280 g/mol. The van der Waals surface area contributed by atoms with Crippen LogP contribution in [0.4, 0.5) is 22.0 Å². The summed E-state index contributed by atoms with van der Waals surface area (Å²) in [6, 6.07) is 0.410. The van der Waals surface area contributed by atoms with Crippen LogP contribution >= 0.6 is 23.2 Å². The summed E-state index contributed by atoms with van der Waals surface area (Å²) in [7, 11) is 0. The van der Waals surface area contributed by atoms with Gasteiger partial charge in [0.25, 0.3) is 6.43 Å². The molecule has 0 aliphatic rings. The van der Waals surface area contributed by atoms with Crippen molar-refractivity contribution in [2.24, 2.45) is 0 Å². The lowest BCUT2D eigenvalue weighted by Gasteiger charge is -2.13. The number of nitrogens with zero attached hydrogens (tertiary/aromatic N) is 1. The SMILES string of the molecule is FC(F)c1nc(CCl)c(C(F)(F)F)cc1Cl. The van der Waals surface area contributed by atoms with E-state index in [2.05, 4.69) is 4.98 Å². The largest absolute Gasteiger partial charge is 0.418 e. The Morgan fingerprint density at radius 1 is 1.31 bits per heavy atom. The van der Waals surface area contributed by atoms with Gasteiger partial charge in [0.15, 0.2) is 0 Å². The van der Waals surface area contributed by atoms with E-state index in [1.807, 2.05) is 0 Å². The van der Waals surface area contributed by atoms with Crippen LogP contribution in [0.2, 0.25) is 5.02 Å². The van der Waals surface area contributed by atoms with Crippen molar-refractivity contribution in [1.82, 2.24) is 4.98 Å². The van der Waals surface area contributed by atoms with Crippen LogP contribution in [0.3, 0.4) is 0 Å². The van der Waals surface area contributed by atoms with Gasteiger partial charge in [-0.25, -0.2) is 13.8 Å². The second-order valence-corrected chi connectivity index (χ2v) is 3.46. The van der Waals surface area contributed by atoms with Gasteiger partial charge in [-0.2, -0.15) is 13.2 Å². The van der Waals surface area contributed by atoms with Crippen molar-refractivity contribution in [3.63, 3.8) is 0 Å². The van der Waals surface area contributed by atoms with Crippen molar-refractivity contribution in [1.29, 1.82) is 0 Å². The summed E-state index contributed by atoms with van der Waals surface area (Å²) in [4.78, 5) is 3.12. The summed E-state index contributed by atoms with van der Waals surface area (Å²) in [6.45, 7) is 0. The van der Waals surface area contributed by atoms with Gasteiger partial charge >= 0.3 is 6.18 Å². The number of pyridine rings is 1. The van der Waals surface area contributed by atoms with Crippen molar-refractivity contribution in [2.45, 2.75) is 18.5 Å². The molecule has 90 valence electrons. The molecule has 0 aromatic carbocycles. The minimum Gasteiger partial charge on any atom is -0.248 e. The standard InChI is InChI=1S/C8H4Cl2F5N/c9-2-5-3(8(13,14)15)1-4(10)6(16-5)7(11)12/h1,7H,2H2. The lowest BCUT2D eigenvalue weighted by Crippen LogP contribution is -2.12. The van der Waals surface area contributed by atoms with Crippen molar-refractivity contribution >= 4 is 23.2 Å². The van der Waals surface area contributed by atoms with Gasteiger partial charge in [0.05, 0.1) is 22.2 Å². The van der Waals surface area contributed by atoms with Crippen LogP contribution in [0.25, 0.3) is 0 Å². The molecule has 8 heteroatoms. The number of alkyl halides is 6. The van der Waals surface area contributed by atoms with E-state index in [1.165, 1.54) is 0 Å². The first-order chi connectivity index (χ1) is 7.27. The third kappa shape index (κ3) is 2.74. The Hall–Kier alpha value is -0.620. The lowest BCUT2D eigenvalue weighted by atomic mass is 10.2. The van der Waals surface area contributed by atoms with E-state index in [0.29, 0.717) is 6.07 Å². The molecule has 0 aliphatic carbocycles. The Kier molecular flexibility index (Phi) is 3.96. The first-order valence-electron chi connectivity index (χ1n) is 3.88. The topological polar surface area (TPSA) is 12.9 Å². The Morgan fingerprint density at radius 3 is 2.25 bits per heavy atom. The predicted octanol–water partition coefficient (Wildman–Crippen LogP) is 4.43. The third-order valence-electron chi connectivity index (χ3n) is 1.72. The molecule has 0 radical (unpaired) electrons. The fraction of sp³-hybridized carbons (Fsp3) is 0.375. The van der Waals surface area contributed by atoms with Gasteiger partial charge in [0.2, 0.25) is 0 Å². The predicted molar refractivity (Wildman–Crippen MR) is 48.8 cm³/mol. The van der Waals surface area contributed by atoms with E-state index in [1.54, 1.807) is 0 Å². The van der Waals surface area contributed by atoms with Crippen molar-refractivity contribution < 1.29 is 22.0 Å². The summed E-state index contributed by atoms with van der Waals surface area (Å²) >= 11 is 10.5. The molecule has 1 aromatic rings. The maximum absolute atomic E-state index is 12.4. The van der Waals surface area contributed by atoms with E-state index in [9.17, 15) is 22.0 Å². The second kappa shape index (κ2) is 4.71. The summed E-state index contributed by atoms with van der Waals surface area (Å²) in [5, 5.41) is -0.726. The molecule has 0 fully saturated rings. The molecule has 0 N–H and O–H groups in total. The Labute approximate surface area is 97.2 Å². The Balaban J connectivity index is 3.38. The molecule has 0 aliphatic heterocycles. The number of hydrogen-bond acceptors (Lipinski definition) is 1. The monoisotopic (exact) mass is 279 g/mol. The molecule has 1 aromatic heterocycles. The molecule has 0 saturated carbocycles. The first-order valence-corrected chi connectivity index (χ1v) is 4.79. The maximum atomic E-state index is 12.4. The third-order valence-corrected chi connectivity index (χ3v) is 2.28. The van der Waals surface area contributed by atoms with Gasteiger partial charge in [0, 0.05) is 0 Å². The summed E-state index contributed by atoms with van der Waals surface area (Å²) in [5.74, 6) is -0.619. The van der Waals surface area contributed by atoms with Crippen molar-refractivity contribution in [2.75, 3.05) is 0 Å². The highest BCUT2D eigenvalue weighted by atomic mass is 35.5. The van der Waals surface area contributed by atoms with E-state index in [4.69, 9.17) is 23.2 Å². The zero-order valence-electron chi connectivity index (χ0n) is 7.45. The summed E-state index contributed by atoms with van der Waals surface area (Å²) < 4.78 is 61.8. The van der Waals surface area contributed by atoms with Crippen molar-refractivity contribution in [3.8, 4) is 0 Å². The molecule has 0 spiro atoms. The zero-order chi connectivity index (χ0) is 12.5. The van der Waals surface area contributed by atoms with Crippen LogP contribution in [0.1, 0.15) is 23.4 Å². The van der Waals surface area contributed by atoms with Crippen LogP contribution in [-0.4, -0.2) is 4.98 Å². The van der Waals surface area contributed by atoms with Crippen LogP contribution < -0.4 is 0 Å². The van der Waals surface area contributed by atoms with Crippen LogP contribution in [0.15, 0.2) is 6.07 Å². The molecule has 0 unspecified atom stereocenters. The molecule has 0 atom stereocenters. The molecule has 1 rings (SSSR count). The van der Waals surface area contributed by atoms with E-state index in [0.717, 1.165) is 0 Å². The Morgan fingerprint density at radius 2 is 1.88 bits per heavy atom. The highest BCUT2D eigenvalue weighted by molar-refractivity contribution is 6.31. The molecule has 0 bridgehead atoms. The van der Waals surface area contributed by atoms with Crippen molar-refractivity contribution in [3.05, 3.63) is 28.0 Å². The maximum Gasteiger partial charge on any atom is 0.418 e. The molecule has 0 saturated heterocycles. The molecular formula is C8H4Cl2F5N. The normalized spacial score (nSPS) is 12.2. The smallest absolute Gasteiger partial charge is 0.248 e. The van der Waals surface area contributed by atoms with Crippen LogP contribution in [0, 0.1) is 0 Å². The van der Waals surface area contributed by atoms with Crippen LogP contribution in [0.5, 0.6) is 0 Å². The van der Waals surface area contributed by atoms with Crippen LogP contribution in [-0.2, 0) is 12.1 Å². The summed E-state index contributed by atoms with van der Waals surface area (Å²) in [5.41, 5.74) is -2.75. The molecule has 1 heterocycles. The molecular weight excluding hydrogens is 276 g/mol. The van der Waals surface area contributed by atoms with Gasteiger partial charge in [-0.05, 0) is 6.07 Å². The van der Waals surface area contributed by atoms with Gasteiger partial charge in [0.1, 0.15) is 5.69 Å². The Bertz CT molecular complexity index is 391. The van der Waals surface area contributed by atoms with Gasteiger partial charge in [-0.1, -0.05) is 11.6 Å². The molecule has 16 heavy (non-hydrogen) atoms. The summed E-state index contributed by atoms with van der Waals surface area (Å²) in [6.07, 6.45) is -7.77. The zero-order valence-corrected chi connectivity index (χ0v) is 8.97. The minimum atomic E-state index is -4.72. The van der Waals surface area contributed by atoms with Gasteiger partial charge in [-0.15, -0.1) is 11.6 Å². The highest BCUT2D eigenvalue weighted by Crippen LogP contribution is 2.36. The quantitative estimate of drug-likeness (QED) is 0.576. The van der Waals surface area contributed by atoms with E-state index < -0.39 is 40.5 Å². The van der Waals surface area contributed by atoms with Gasteiger partial charge in [-0.3, -0.25) is 0 Å². The number of rotatable bonds is 2. The fourth-order valence-corrected chi connectivity index (χ4v) is 1.48. The average Bonchev–Trinajstić information content (AvgIpc) is 2.15. The second-order valence-electron chi connectivity index (χ2n) is 2.78. The minimum absolute atomic E-state index is 0.410. The molecule has 1 nitrogen and oxygen atoms in total. The number of hydrogen-bond donors (Lipinski definition) is 0. The van der Waals surface area contributed by atoms with E-state index >= 15 is 0 Å². The number of halogens is 7. The number of aromatic nitrogens is 1. The molecule has 0 amide bonds. The van der Waals surface area contributed by atoms with E-state index in [-0.39, 0.29) is 0 Å². The highest BCUT2D eigenvalue weighted by Gasteiger charge is 2.35. The van der Waals surface area contributed by atoms with Gasteiger partial charge < -0.3 is 0 Å². The fourth-order valence-electron chi connectivity index (χ4n) is 1.04.